The molecule has 4 aliphatic heterocycles. The molecule has 12 aromatic heterocycles. The number of ketones is 1. The molecule has 16 aromatic rings. The van der Waals surface area contributed by atoms with E-state index in [9.17, 15) is 24.0 Å². The maximum Gasteiger partial charge on any atom is 0.222 e. The van der Waals surface area contributed by atoms with E-state index < -0.39 is 0 Å². The van der Waals surface area contributed by atoms with E-state index in [-0.39, 0.29) is 29.4 Å². The van der Waals surface area contributed by atoms with E-state index in [1.54, 1.807) is 40.5 Å². The lowest BCUT2D eigenvalue weighted by Gasteiger charge is -2.29. The molecule has 4 fully saturated rings. The molecule has 31 heteroatoms. The van der Waals surface area contributed by atoms with Crippen LogP contribution in [-0.4, -0.2) is 163 Å². The molecule has 0 saturated heterocycles. The van der Waals surface area contributed by atoms with Crippen LogP contribution >= 0.6 is 11.3 Å². The highest BCUT2D eigenvalue weighted by Crippen LogP contribution is 2.51. The highest BCUT2D eigenvalue weighted by atomic mass is 32.1. The van der Waals surface area contributed by atoms with Crippen LogP contribution in [0.5, 0.6) is 0 Å². The Bertz CT molecular complexity index is 8000. The molecule has 24 rings (SSSR count). The van der Waals surface area contributed by atoms with Crippen LogP contribution in [0.1, 0.15) is 226 Å². The number of pyridine rings is 5. The summed E-state index contributed by atoms with van der Waals surface area (Å²) < 4.78 is 13.0. The van der Waals surface area contributed by atoms with Crippen molar-refractivity contribution in [1.29, 1.82) is 0 Å². The third-order valence-corrected chi connectivity index (χ3v) is 29.8. The maximum atomic E-state index is 12.6. The third-order valence-electron chi connectivity index (χ3n) is 28.8. The molecule has 0 bridgehead atoms. The maximum absolute atomic E-state index is 12.6. The van der Waals surface area contributed by atoms with Crippen LogP contribution in [0.15, 0.2) is 128 Å². The lowest BCUT2D eigenvalue weighted by molar-refractivity contribution is -0.133. The van der Waals surface area contributed by atoms with Gasteiger partial charge in [-0.15, -0.1) is 11.3 Å². The molecule has 4 aromatic carbocycles. The molecule has 0 unspecified atom stereocenters. The van der Waals surface area contributed by atoms with Crippen molar-refractivity contribution in [3.05, 3.63) is 241 Å². The number of hydrogen-bond acceptors (Lipinski definition) is 18. The smallest absolute Gasteiger partial charge is 0.222 e. The van der Waals surface area contributed by atoms with E-state index in [0.717, 1.165) is 237 Å². The second-order valence-corrected chi connectivity index (χ2v) is 39.7. The van der Waals surface area contributed by atoms with Gasteiger partial charge in [-0.05, 0) is 168 Å². The van der Waals surface area contributed by atoms with E-state index >= 15 is 0 Å². The van der Waals surface area contributed by atoms with Crippen molar-refractivity contribution < 1.29 is 24.0 Å². The minimum atomic E-state index is -0.0220. The third kappa shape index (κ3) is 17.4. The molecular weight excluding hydrogens is 1800 g/mol. The Hall–Kier alpha value is -15.4. The first-order valence-electron chi connectivity index (χ1n) is 49.7. The number of carbonyl (C=O) groups is 5. The lowest BCUT2D eigenvalue weighted by atomic mass is 9.97. The number of imidazole rings is 4. The van der Waals surface area contributed by atoms with E-state index in [0.29, 0.717) is 134 Å². The molecule has 0 spiro atoms. The second-order valence-electron chi connectivity index (χ2n) is 38.5. The number of thiazole rings is 1. The van der Waals surface area contributed by atoms with Crippen molar-refractivity contribution in [2.24, 2.45) is 14.1 Å². The number of aromatic nitrogens is 18. The highest BCUT2D eigenvalue weighted by molar-refractivity contribution is 7.15. The highest BCUT2D eigenvalue weighted by Gasteiger charge is 2.41. The van der Waals surface area contributed by atoms with Gasteiger partial charge in [0.15, 0.2) is 5.78 Å². The number of aryl methyl sites for hydroxylation is 7. The first-order valence-corrected chi connectivity index (χ1v) is 50.5. The minimum absolute atomic E-state index is 0.0220. The summed E-state index contributed by atoms with van der Waals surface area (Å²) in [7, 11) is 3.82. The molecule has 716 valence electrons. The number of carbonyl (C=O) groups excluding carboxylic acids is 5. The van der Waals surface area contributed by atoms with E-state index in [2.05, 4.69) is 103 Å². The standard InChI is InChI=1S/C30H28N6O2.C27H27N7O.C27H26N6OS.C27H30N6O/c1-4-26(37)23-12-11-19(16-32-23)28-24(31-3)15-21-20(7-6-8-22(21)33-28)29-25-17-35(27(38)5-2)13-14-36(25)30(34-29)18-9-10-18;1-5-24(35)33-11-12-34-23(15-33)26(30-27(34)17-9-10-17)18-7-6-8-21-19(18)13-22(28-3)25(29-21)20-14-32(4)31-16(20)2;1-5-23(34)32-10-11-33-21(14-32)26(31-27(33)17-7-8-17)24-15(2)6-9-19-18(24)12-20(28-4)25(30-19)22-13-29-16(3)35-22;1-5-24(34)32-11-12-33-23(15-32)26(29-27(33)18-9-10-18)19-7-6-8-22-20(19)13-16(2)25(28-22)21-14-31(4)30-17(21)3/h6-8,11-12,15-16,18H,4-5,9-10,13-14,17H2,1-2H3;6-8,13-14,17H,5,9-12,15H2,1-2,4H3;6,9,12-13,17H,5,7-8,10-11,14H2,1-3H3;6-8,13-14,18H,5,9-12,15H2,1-4H3. The quantitative estimate of drug-likeness (QED) is 0.0569. The predicted molar refractivity (Wildman–Crippen MR) is 548 cm³/mol. The molecule has 16 heterocycles. The largest absolute Gasteiger partial charge is 0.335 e. The van der Waals surface area contributed by atoms with Gasteiger partial charge in [-0.3, -0.25) is 53.3 Å². The monoisotopic (exact) mass is 1910 g/mol. The fourth-order valence-electron chi connectivity index (χ4n) is 20.9. The summed E-state index contributed by atoms with van der Waals surface area (Å²) in [5.41, 5.74) is 26.9. The van der Waals surface area contributed by atoms with E-state index in [4.69, 9.17) is 59.6 Å². The van der Waals surface area contributed by atoms with Crippen LogP contribution in [0.25, 0.3) is 148 Å². The fourth-order valence-corrected chi connectivity index (χ4v) is 21.6. The first-order chi connectivity index (χ1) is 68.9. The first kappa shape index (κ1) is 92.9. The van der Waals surface area contributed by atoms with Gasteiger partial charge in [-0.25, -0.2) is 44.4 Å². The van der Waals surface area contributed by atoms with Crippen molar-refractivity contribution in [3.8, 4) is 89.4 Å². The van der Waals surface area contributed by atoms with Gasteiger partial charge in [0, 0.05) is 191 Å². The van der Waals surface area contributed by atoms with Gasteiger partial charge in [0.1, 0.15) is 29.0 Å². The number of benzene rings is 4. The molecule has 0 N–H and O–H groups in total. The average Bonchev–Trinajstić information content (AvgIpc) is 1.54. The zero-order valence-electron chi connectivity index (χ0n) is 82.2. The molecular formula is C111H111N25O5S. The van der Waals surface area contributed by atoms with Gasteiger partial charge in [0.25, 0.3) is 0 Å². The van der Waals surface area contributed by atoms with Gasteiger partial charge >= 0.3 is 0 Å². The Labute approximate surface area is 827 Å². The molecule has 0 atom stereocenters. The van der Waals surface area contributed by atoms with Crippen molar-refractivity contribution in [3.63, 3.8) is 0 Å². The van der Waals surface area contributed by atoms with Crippen LogP contribution in [0.2, 0.25) is 0 Å². The van der Waals surface area contributed by atoms with E-state index in [1.807, 2.05) is 161 Å². The molecule has 4 saturated carbocycles. The second kappa shape index (κ2) is 38.0. The summed E-state index contributed by atoms with van der Waals surface area (Å²) in [6.45, 7) is 51.6. The summed E-state index contributed by atoms with van der Waals surface area (Å²) in [5.74, 6) is 7.29. The molecule has 8 aliphatic rings. The van der Waals surface area contributed by atoms with Gasteiger partial charge in [-0.2, -0.15) is 10.2 Å². The minimum Gasteiger partial charge on any atom is -0.335 e. The zero-order chi connectivity index (χ0) is 98.5. The summed E-state index contributed by atoms with van der Waals surface area (Å²) in [6, 6.07) is 33.9. The summed E-state index contributed by atoms with van der Waals surface area (Å²) in [6.07, 6.45) is 19.1. The van der Waals surface area contributed by atoms with Crippen molar-refractivity contribution in [2.75, 3.05) is 26.2 Å². The SMILES string of the molecule is CCC(=O)N1CCn2c(C3CC3)nc(-c3cccc4nc(-c5cn(C)nc5C)c(C)cc34)c2C1.[C-]#[N+]c1cc2c(-c3nc(C4CC4)n4c3CN(C(=O)CC)CC4)c(C)ccc2nc1-c1cnc(C)s1.[C-]#[N+]c1cc2c(-c3nc(C4CC4)n4c3CN(C(=O)CC)CC4)cccc2nc1-c1ccc(C(=O)CC)nc1.[C-]#[N+]c1cc2c(-c3nc(C4CC4)n4c3CN(C(=O)CC)CC4)cccc2nc1-c1cn(C)nc1C. The Morgan fingerprint density at radius 3 is 1.12 bits per heavy atom. The fraction of sp³-hybridized carbons (Fsp3) is 0.369. The number of Topliss-reactive ketones (excluding diaryl/α,β-unsaturated/α-hetero) is 1. The van der Waals surface area contributed by atoms with Crippen LogP contribution in [0.4, 0.5) is 17.1 Å². The number of hydrogen-bond donors (Lipinski definition) is 0. The van der Waals surface area contributed by atoms with Crippen molar-refractivity contribution >= 4 is 101 Å². The summed E-state index contributed by atoms with van der Waals surface area (Å²) >= 11 is 1.55. The van der Waals surface area contributed by atoms with E-state index in [1.165, 1.54) is 44.3 Å². The number of rotatable bonds is 18. The van der Waals surface area contributed by atoms with Crippen LogP contribution < -0.4 is 0 Å². The number of amides is 4. The lowest BCUT2D eigenvalue weighted by Crippen LogP contribution is -2.38. The number of nitrogens with zero attached hydrogens (tertiary/aromatic N) is 25. The molecule has 0 radical (unpaired) electrons. The normalized spacial score (nSPS) is 15.3. The van der Waals surface area contributed by atoms with Gasteiger partial charge in [0.05, 0.1) is 158 Å². The van der Waals surface area contributed by atoms with Gasteiger partial charge in [-0.1, -0.05) is 83.1 Å². The van der Waals surface area contributed by atoms with Crippen LogP contribution in [-0.2, 0) is 85.6 Å². The Morgan fingerprint density at radius 2 is 0.739 bits per heavy atom. The zero-order valence-corrected chi connectivity index (χ0v) is 83.1. The van der Waals surface area contributed by atoms with Crippen molar-refractivity contribution in [1.82, 2.24) is 107 Å². The summed E-state index contributed by atoms with van der Waals surface area (Å²) in [4.78, 5) is 132. The Balaban J connectivity index is 0.000000112. The van der Waals surface area contributed by atoms with Gasteiger partial charge in [0.2, 0.25) is 40.7 Å². The molecule has 4 amide bonds. The van der Waals surface area contributed by atoms with Gasteiger partial charge < -0.3 is 37.9 Å². The van der Waals surface area contributed by atoms with Crippen LogP contribution in [0, 0.1) is 54.3 Å². The Morgan fingerprint density at radius 1 is 0.366 bits per heavy atom. The topological polar surface area (TPSA) is 296 Å². The predicted octanol–water partition coefficient (Wildman–Crippen LogP) is 21.7. The summed E-state index contributed by atoms with van der Waals surface area (Å²) in [5, 5.41) is 13.7. The van der Waals surface area contributed by atoms with Crippen LogP contribution in [0.3, 0.4) is 0 Å². The van der Waals surface area contributed by atoms with Crippen molar-refractivity contribution in [2.45, 2.75) is 229 Å². The Kier molecular flexibility index (Phi) is 24.8. The number of fused-ring (bicyclic) bond motifs is 8. The molecule has 30 nitrogen and oxygen atoms in total. The molecule has 4 aliphatic carbocycles. The average molecular weight is 1910 g/mol. The molecule has 142 heavy (non-hydrogen) atoms.